The second-order valence-corrected chi connectivity index (χ2v) is 7.20. The van der Waals surface area contributed by atoms with Crippen molar-refractivity contribution in [2.75, 3.05) is 26.2 Å². The SMILES string of the molecule is Cc1ccccc1OC[C@@H](O)C(=O)NC1(CN2CCCCC2)CC1. The largest absolute Gasteiger partial charge is 0.490 e. The summed E-state index contributed by atoms with van der Waals surface area (Å²) in [6.07, 6.45) is 4.67. The number of benzene rings is 1. The van der Waals surface area contributed by atoms with Crippen LogP contribution in [0.15, 0.2) is 24.3 Å². The molecule has 2 N–H and O–H groups in total. The number of para-hydroxylation sites is 1. The number of ether oxygens (including phenoxy) is 1. The molecule has 1 aromatic rings. The van der Waals surface area contributed by atoms with E-state index in [2.05, 4.69) is 10.2 Å². The first kappa shape index (κ1) is 17.2. The van der Waals surface area contributed by atoms with E-state index in [9.17, 15) is 9.90 Å². The van der Waals surface area contributed by atoms with Crippen LogP contribution in [0.1, 0.15) is 37.7 Å². The van der Waals surface area contributed by atoms with E-state index in [-0.39, 0.29) is 18.1 Å². The third kappa shape index (κ3) is 4.48. The van der Waals surface area contributed by atoms with Gasteiger partial charge in [-0.1, -0.05) is 24.6 Å². The minimum absolute atomic E-state index is 0.0174. The van der Waals surface area contributed by atoms with E-state index in [1.807, 2.05) is 31.2 Å². The van der Waals surface area contributed by atoms with E-state index in [4.69, 9.17) is 4.74 Å². The molecule has 2 aliphatic rings. The van der Waals surface area contributed by atoms with Gasteiger partial charge in [-0.15, -0.1) is 0 Å². The number of aryl methyl sites for hydroxylation is 1. The maximum Gasteiger partial charge on any atom is 0.252 e. The van der Waals surface area contributed by atoms with E-state index >= 15 is 0 Å². The normalized spacial score (nSPS) is 21.1. The lowest BCUT2D eigenvalue weighted by Crippen LogP contribution is -2.51. The summed E-state index contributed by atoms with van der Waals surface area (Å²) >= 11 is 0. The number of piperidine rings is 1. The monoisotopic (exact) mass is 332 g/mol. The molecule has 1 aromatic carbocycles. The quantitative estimate of drug-likeness (QED) is 0.800. The fourth-order valence-electron chi connectivity index (χ4n) is 3.33. The highest BCUT2D eigenvalue weighted by Crippen LogP contribution is 2.36. The Labute approximate surface area is 144 Å². The van der Waals surface area contributed by atoms with E-state index in [1.165, 1.54) is 19.3 Å². The van der Waals surface area contributed by atoms with Crippen molar-refractivity contribution in [3.05, 3.63) is 29.8 Å². The highest BCUT2D eigenvalue weighted by atomic mass is 16.5. The van der Waals surface area contributed by atoms with Crippen molar-refractivity contribution in [3.8, 4) is 5.75 Å². The van der Waals surface area contributed by atoms with Gasteiger partial charge in [-0.25, -0.2) is 0 Å². The van der Waals surface area contributed by atoms with Crippen molar-refractivity contribution >= 4 is 5.91 Å². The molecule has 132 valence electrons. The second kappa shape index (κ2) is 7.53. The van der Waals surface area contributed by atoms with Gasteiger partial charge < -0.3 is 20.1 Å². The van der Waals surface area contributed by atoms with Gasteiger partial charge in [0.25, 0.3) is 5.91 Å². The lowest BCUT2D eigenvalue weighted by Gasteiger charge is -2.31. The van der Waals surface area contributed by atoms with Crippen molar-refractivity contribution in [1.82, 2.24) is 10.2 Å². The van der Waals surface area contributed by atoms with Gasteiger partial charge in [-0.05, 0) is 57.3 Å². The molecule has 1 aliphatic carbocycles. The molecule has 0 aromatic heterocycles. The maximum absolute atomic E-state index is 12.3. The number of carbonyl (C=O) groups excluding carboxylic acids is 1. The van der Waals surface area contributed by atoms with E-state index in [1.54, 1.807) is 0 Å². The Morgan fingerprint density at radius 2 is 2.00 bits per heavy atom. The Morgan fingerprint density at radius 3 is 2.67 bits per heavy atom. The fourth-order valence-corrected chi connectivity index (χ4v) is 3.33. The first-order valence-electron chi connectivity index (χ1n) is 8.99. The molecule has 5 heteroatoms. The molecule has 3 rings (SSSR count). The van der Waals surface area contributed by atoms with Gasteiger partial charge in [0, 0.05) is 6.54 Å². The zero-order valence-corrected chi connectivity index (χ0v) is 14.5. The summed E-state index contributed by atoms with van der Waals surface area (Å²) in [5.74, 6) is 0.386. The molecule has 5 nitrogen and oxygen atoms in total. The Bertz CT molecular complexity index is 565. The van der Waals surface area contributed by atoms with Crippen LogP contribution in [0.2, 0.25) is 0 Å². The summed E-state index contributed by atoms with van der Waals surface area (Å²) in [6.45, 7) is 5.08. The molecule has 1 atom stereocenters. The van der Waals surface area contributed by atoms with E-state index in [0.29, 0.717) is 5.75 Å². The number of rotatable bonds is 7. The van der Waals surface area contributed by atoms with Crippen molar-refractivity contribution in [2.45, 2.75) is 50.7 Å². The van der Waals surface area contributed by atoms with Crippen molar-refractivity contribution in [2.24, 2.45) is 0 Å². The van der Waals surface area contributed by atoms with Gasteiger partial charge in [0.1, 0.15) is 12.4 Å². The van der Waals surface area contributed by atoms with Crippen LogP contribution in [0.5, 0.6) is 5.75 Å². The van der Waals surface area contributed by atoms with Crippen LogP contribution >= 0.6 is 0 Å². The molecule has 2 fully saturated rings. The Kier molecular flexibility index (Phi) is 5.41. The van der Waals surface area contributed by atoms with Crippen LogP contribution < -0.4 is 10.1 Å². The number of aliphatic hydroxyl groups excluding tert-OH is 1. The van der Waals surface area contributed by atoms with E-state index in [0.717, 1.165) is 38.0 Å². The van der Waals surface area contributed by atoms with Crippen LogP contribution in [0, 0.1) is 6.92 Å². The average molecular weight is 332 g/mol. The maximum atomic E-state index is 12.3. The molecule has 0 radical (unpaired) electrons. The molecule has 1 heterocycles. The molecule has 0 unspecified atom stereocenters. The minimum Gasteiger partial charge on any atom is -0.490 e. The number of hydrogen-bond donors (Lipinski definition) is 2. The van der Waals surface area contributed by atoms with Gasteiger partial charge in [-0.2, -0.15) is 0 Å². The summed E-state index contributed by atoms with van der Waals surface area (Å²) in [5, 5.41) is 13.2. The summed E-state index contributed by atoms with van der Waals surface area (Å²) < 4.78 is 5.58. The number of amides is 1. The van der Waals surface area contributed by atoms with Crippen molar-refractivity contribution in [3.63, 3.8) is 0 Å². The molecular formula is C19H28N2O3. The molecule has 1 saturated carbocycles. The summed E-state index contributed by atoms with van der Waals surface area (Å²) in [5.41, 5.74) is 0.867. The zero-order chi connectivity index (χ0) is 17.0. The zero-order valence-electron chi connectivity index (χ0n) is 14.5. The van der Waals surface area contributed by atoms with Crippen molar-refractivity contribution in [1.29, 1.82) is 0 Å². The molecule has 1 saturated heterocycles. The van der Waals surface area contributed by atoms with Gasteiger partial charge in [0.2, 0.25) is 0 Å². The molecule has 0 bridgehead atoms. The van der Waals surface area contributed by atoms with Gasteiger partial charge >= 0.3 is 0 Å². The summed E-state index contributed by atoms with van der Waals surface area (Å²) in [6, 6.07) is 7.60. The minimum atomic E-state index is -1.14. The summed E-state index contributed by atoms with van der Waals surface area (Å²) in [7, 11) is 0. The number of nitrogens with zero attached hydrogens (tertiary/aromatic N) is 1. The third-order valence-electron chi connectivity index (χ3n) is 5.01. The molecule has 1 amide bonds. The average Bonchev–Trinajstić information content (AvgIpc) is 3.33. The lowest BCUT2D eigenvalue weighted by molar-refractivity contribution is -0.132. The lowest BCUT2D eigenvalue weighted by atomic mass is 10.1. The summed E-state index contributed by atoms with van der Waals surface area (Å²) in [4.78, 5) is 14.7. The standard InChI is InChI=1S/C19H28N2O3/c1-15-7-3-4-8-17(15)24-13-16(22)18(23)20-19(9-10-19)14-21-11-5-2-6-12-21/h3-4,7-8,16,22H,2,5-6,9-14H2,1H3,(H,20,23)/t16-/m1/s1. The molecular weight excluding hydrogens is 304 g/mol. The number of nitrogens with one attached hydrogen (secondary N) is 1. The third-order valence-corrected chi connectivity index (χ3v) is 5.01. The number of carbonyl (C=O) groups is 1. The predicted octanol–water partition coefficient (Wildman–Crippen LogP) is 1.87. The highest BCUT2D eigenvalue weighted by Gasteiger charge is 2.46. The van der Waals surface area contributed by atoms with E-state index < -0.39 is 6.10 Å². The van der Waals surface area contributed by atoms with Crippen molar-refractivity contribution < 1.29 is 14.6 Å². The topological polar surface area (TPSA) is 61.8 Å². The number of likely N-dealkylation sites (tertiary alicyclic amines) is 1. The van der Waals surface area contributed by atoms with Gasteiger partial charge in [0.15, 0.2) is 6.10 Å². The van der Waals surface area contributed by atoms with Gasteiger partial charge in [0.05, 0.1) is 5.54 Å². The predicted molar refractivity (Wildman–Crippen MR) is 93.1 cm³/mol. The second-order valence-electron chi connectivity index (χ2n) is 7.20. The Balaban J connectivity index is 1.46. The van der Waals surface area contributed by atoms with Crippen LogP contribution in [-0.4, -0.2) is 53.8 Å². The number of aliphatic hydroxyl groups is 1. The molecule has 24 heavy (non-hydrogen) atoms. The molecule has 1 aliphatic heterocycles. The first-order valence-corrected chi connectivity index (χ1v) is 8.99. The van der Waals surface area contributed by atoms with Gasteiger partial charge in [-0.3, -0.25) is 4.79 Å². The van der Waals surface area contributed by atoms with Crippen LogP contribution in [-0.2, 0) is 4.79 Å². The fraction of sp³-hybridized carbons (Fsp3) is 0.632. The van der Waals surface area contributed by atoms with Crippen LogP contribution in [0.3, 0.4) is 0 Å². The first-order chi connectivity index (χ1) is 11.6. The van der Waals surface area contributed by atoms with Crippen LogP contribution in [0.25, 0.3) is 0 Å². The highest BCUT2D eigenvalue weighted by molar-refractivity contribution is 5.81. The molecule has 0 spiro atoms. The Morgan fingerprint density at radius 1 is 1.29 bits per heavy atom. The smallest absolute Gasteiger partial charge is 0.252 e. The van der Waals surface area contributed by atoms with Crippen LogP contribution in [0.4, 0.5) is 0 Å². The Hall–Kier alpha value is -1.59. The number of hydrogen-bond acceptors (Lipinski definition) is 4.